The summed E-state index contributed by atoms with van der Waals surface area (Å²) in [7, 11) is 1.94. The van der Waals surface area contributed by atoms with Gasteiger partial charge in [0, 0.05) is 32.5 Å². The monoisotopic (exact) mass is 234 g/mol. The van der Waals surface area contributed by atoms with Crippen molar-refractivity contribution in [2.75, 3.05) is 33.2 Å². The van der Waals surface area contributed by atoms with Crippen molar-refractivity contribution in [3.05, 3.63) is 0 Å². The van der Waals surface area contributed by atoms with Gasteiger partial charge in [-0.2, -0.15) is 0 Å². The van der Waals surface area contributed by atoms with Crippen LogP contribution in [0.3, 0.4) is 0 Å². The molecule has 16 heavy (non-hydrogen) atoms. The van der Waals surface area contributed by atoms with Gasteiger partial charge in [0.1, 0.15) is 0 Å². The predicted molar refractivity (Wildman–Crippen MR) is 62.9 cm³/mol. The largest absolute Gasteiger partial charge is 0.319 e. The van der Waals surface area contributed by atoms with Crippen LogP contribution in [0.1, 0.15) is 26.7 Å². The molecule has 1 heterocycles. The van der Waals surface area contributed by atoms with Gasteiger partial charge in [-0.1, -0.05) is 13.8 Å². The molecule has 0 aliphatic carbocycles. The molecular weight excluding hydrogens is 210 g/mol. The highest BCUT2D eigenvalue weighted by molar-refractivity contribution is 4.80. The minimum Gasteiger partial charge on any atom is -0.319 e. The molecule has 2 nitrogen and oxygen atoms in total. The van der Waals surface area contributed by atoms with E-state index in [1.807, 2.05) is 7.05 Å². The minimum atomic E-state index is -2.42. The lowest BCUT2D eigenvalue weighted by molar-refractivity contribution is -0.0581. The van der Waals surface area contributed by atoms with Gasteiger partial charge >= 0.3 is 0 Å². The molecule has 1 rings (SSSR count). The highest BCUT2D eigenvalue weighted by Gasteiger charge is 2.34. The molecule has 0 amide bonds. The number of piperidine rings is 1. The van der Waals surface area contributed by atoms with Crippen LogP contribution in [-0.4, -0.2) is 44.0 Å². The first-order chi connectivity index (χ1) is 7.44. The van der Waals surface area contributed by atoms with Crippen LogP contribution in [0.25, 0.3) is 0 Å². The molecule has 0 saturated carbocycles. The number of alkyl halides is 2. The number of hydrogen-bond donors (Lipinski definition) is 1. The minimum absolute atomic E-state index is 0.0252. The first-order valence-electron chi connectivity index (χ1n) is 6.19. The van der Waals surface area contributed by atoms with Gasteiger partial charge in [0.25, 0.3) is 5.92 Å². The molecule has 1 saturated heterocycles. The Bertz CT molecular complexity index is 197. The lowest BCUT2D eigenvalue weighted by Gasteiger charge is -2.35. The summed E-state index contributed by atoms with van der Waals surface area (Å²) in [5, 5.41) is 3.18. The Morgan fingerprint density at radius 3 is 2.25 bits per heavy atom. The predicted octanol–water partition coefficient (Wildman–Crippen LogP) is 2.21. The van der Waals surface area contributed by atoms with Crippen LogP contribution in [0.15, 0.2) is 0 Å². The van der Waals surface area contributed by atoms with E-state index in [-0.39, 0.29) is 12.8 Å². The molecule has 0 bridgehead atoms. The van der Waals surface area contributed by atoms with E-state index in [0.717, 1.165) is 13.1 Å². The fourth-order valence-corrected chi connectivity index (χ4v) is 2.17. The fraction of sp³-hybridized carbons (Fsp3) is 1.00. The summed E-state index contributed by atoms with van der Waals surface area (Å²) in [4.78, 5) is 2.18. The summed E-state index contributed by atoms with van der Waals surface area (Å²) >= 11 is 0. The van der Waals surface area contributed by atoms with Crippen LogP contribution in [-0.2, 0) is 0 Å². The topological polar surface area (TPSA) is 15.3 Å². The van der Waals surface area contributed by atoms with Crippen LogP contribution in [0.5, 0.6) is 0 Å². The van der Waals surface area contributed by atoms with Gasteiger partial charge in [0.05, 0.1) is 0 Å². The number of hydrogen-bond acceptors (Lipinski definition) is 2. The maximum absolute atomic E-state index is 13.0. The van der Waals surface area contributed by atoms with E-state index in [2.05, 4.69) is 24.1 Å². The number of likely N-dealkylation sites (tertiary alicyclic amines) is 1. The molecule has 0 aromatic carbocycles. The van der Waals surface area contributed by atoms with Crippen LogP contribution >= 0.6 is 0 Å². The molecule has 96 valence electrons. The summed E-state index contributed by atoms with van der Waals surface area (Å²) in [5.41, 5.74) is 0. The molecular formula is C12H24F2N2. The second kappa shape index (κ2) is 5.92. The normalized spacial score (nSPS) is 23.6. The first kappa shape index (κ1) is 13.8. The molecule has 1 unspecified atom stereocenters. The zero-order chi connectivity index (χ0) is 12.2. The molecule has 1 aliphatic heterocycles. The Kier molecular flexibility index (Phi) is 5.12. The van der Waals surface area contributed by atoms with Gasteiger partial charge in [-0.25, -0.2) is 8.78 Å². The molecule has 0 spiro atoms. The standard InChI is InChI=1S/C12H24F2N2/c1-10(2)11(8-15-3)9-16-6-4-12(13,14)5-7-16/h10-11,15H,4-9H2,1-3H3. The van der Waals surface area contributed by atoms with E-state index in [1.165, 1.54) is 0 Å². The van der Waals surface area contributed by atoms with Crippen molar-refractivity contribution >= 4 is 0 Å². The average Bonchev–Trinajstić information content (AvgIpc) is 2.20. The van der Waals surface area contributed by atoms with E-state index in [0.29, 0.717) is 24.9 Å². The summed E-state index contributed by atoms with van der Waals surface area (Å²) in [6.07, 6.45) is 0.0503. The zero-order valence-electron chi connectivity index (χ0n) is 10.6. The third kappa shape index (κ3) is 4.34. The SMILES string of the molecule is CNCC(CN1CCC(F)(F)CC1)C(C)C. The quantitative estimate of drug-likeness (QED) is 0.784. The van der Waals surface area contributed by atoms with Crippen molar-refractivity contribution in [2.45, 2.75) is 32.6 Å². The maximum atomic E-state index is 13.0. The van der Waals surface area contributed by atoms with Crippen molar-refractivity contribution < 1.29 is 8.78 Å². The van der Waals surface area contributed by atoms with Crippen molar-refractivity contribution in [3.63, 3.8) is 0 Å². The van der Waals surface area contributed by atoms with E-state index in [9.17, 15) is 8.78 Å². The maximum Gasteiger partial charge on any atom is 0.250 e. The molecule has 1 atom stereocenters. The zero-order valence-corrected chi connectivity index (χ0v) is 10.6. The molecule has 4 heteroatoms. The van der Waals surface area contributed by atoms with E-state index < -0.39 is 5.92 Å². The Labute approximate surface area is 97.4 Å². The van der Waals surface area contributed by atoms with Gasteiger partial charge < -0.3 is 10.2 Å². The van der Waals surface area contributed by atoms with Gasteiger partial charge in [-0.3, -0.25) is 0 Å². The molecule has 1 fully saturated rings. The summed E-state index contributed by atoms with van der Waals surface area (Å²) < 4.78 is 26.0. The Morgan fingerprint density at radius 2 is 1.81 bits per heavy atom. The first-order valence-corrected chi connectivity index (χ1v) is 6.19. The van der Waals surface area contributed by atoms with Gasteiger partial charge in [-0.05, 0) is 25.4 Å². The Balaban J connectivity index is 2.36. The molecule has 1 aliphatic rings. The number of rotatable bonds is 5. The van der Waals surface area contributed by atoms with Crippen LogP contribution < -0.4 is 5.32 Å². The van der Waals surface area contributed by atoms with Gasteiger partial charge in [-0.15, -0.1) is 0 Å². The third-order valence-corrected chi connectivity index (χ3v) is 3.49. The highest BCUT2D eigenvalue weighted by atomic mass is 19.3. The van der Waals surface area contributed by atoms with E-state index in [4.69, 9.17) is 0 Å². The van der Waals surface area contributed by atoms with Crippen molar-refractivity contribution in [3.8, 4) is 0 Å². The fourth-order valence-electron chi connectivity index (χ4n) is 2.17. The lowest BCUT2D eigenvalue weighted by atomic mass is 9.94. The second-order valence-electron chi connectivity index (χ2n) is 5.22. The number of nitrogens with zero attached hydrogens (tertiary/aromatic N) is 1. The molecule has 1 N–H and O–H groups in total. The molecule has 0 aromatic rings. The third-order valence-electron chi connectivity index (χ3n) is 3.49. The van der Waals surface area contributed by atoms with Gasteiger partial charge in [0.15, 0.2) is 0 Å². The van der Waals surface area contributed by atoms with E-state index in [1.54, 1.807) is 0 Å². The van der Waals surface area contributed by atoms with Crippen LogP contribution in [0.2, 0.25) is 0 Å². The smallest absolute Gasteiger partial charge is 0.250 e. The Morgan fingerprint density at radius 1 is 1.25 bits per heavy atom. The number of nitrogens with one attached hydrogen (secondary N) is 1. The second-order valence-corrected chi connectivity index (χ2v) is 5.22. The molecule has 0 radical (unpaired) electrons. The van der Waals surface area contributed by atoms with Crippen molar-refractivity contribution in [1.82, 2.24) is 10.2 Å². The Hall–Kier alpha value is -0.220. The van der Waals surface area contributed by atoms with Crippen LogP contribution in [0.4, 0.5) is 8.78 Å². The number of halogens is 2. The van der Waals surface area contributed by atoms with Crippen molar-refractivity contribution in [1.29, 1.82) is 0 Å². The van der Waals surface area contributed by atoms with Crippen molar-refractivity contribution in [2.24, 2.45) is 11.8 Å². The lowest BCUT2D eigenvalue weighted by Crippen LogP contribution is -2.43. The summed E-state index contributed by atoms with van der Waals surface area (Å²) in [6, 6.07) is 0. The van der Waals surface area contributed by atoms with E-state index >= 15 is 0 Å². The van der Waals surface area contributed by atoms with Crippen LogP contribution in [0, 0.1) is 11.8 Å². The molecule has 0 aromatic heterocycles. The highest BCUT2D eigenvalue weighted by Crippen LogP contribution is 2.28. The summed E-state index contributed by atoms with van der Waals surface area (Å²) in [6.45, 7) is 7.38. The average molecular weight is 234 g/mol. The van der Waals surface area contributed by atoms with Gasteiger partial charge in [0.2, 0.25) is 0 Å². The summed E-state index contributed by atoms with van der Waals surface area (Å²) in [5.74, 6) is -1.28.